The van der Waals surface area contributed by atoms with Crippen LogP contribution in [0.25, 0.3) is 16.5 Å². The number of carbonyl (C=O) groups is 3. The molecule has 4 N–H and O–H groups in total. The fourth-order valence-electron chi connectivity index (χ4n) is 2.99. The number of fused-ring (bicyclic) bond motifs is 1. The number of carboxylic acids is 1. The summed E-state index contributed by atoms with van der Waals surface area (Å²) < 4.78 is 31.1. The quantitative estimate of drug-likeness (QED) is 0.373. The predicted octanol–water partition coefficient (Wildman–Crippen LogP) is 2.79. The molecule has 1 aromatic heterocycles. The van der Waals surface area contributed by atoms with Gasteiger partial charge in [-0.05, 0) is 39.8 Å². The molecule has 0 spiro atoms. The summed E-state index contributed by atoms with van der Waals surface area (Å²) in [6.07, 6.45) is 0.412. The van der Waals surface area contributed by atoms with Crippen LogP contribution in [0.15, 0.2) is 52.4 Å². The molecule has 2 amide bonds. The van der Waals surface area contributed by atoms with Gasteiger partial charge >= 0.3 is 17.1 Å². The van der Waals surface area contributed by atoms with Crippen LogP contribution in [0, 0.1) is 11.3 Å². The molecular formula is C20H14BrF2N5O4S. The molecule has 0 radical (unpaired) electrons. The summed E-state index contributed by atoms with van der Waals surface area (Å²) in [7, 11) is 0. The number of primary amides is 1. The van der Waals surface area contributed by atoms with Gasteiger partial charge in [-0.3, -0.25) is 14.2 Å². The molecule has 0 aliphatic heterocycles. The largest absolute Gasteiger partial charge is 0.480 e. The van der Waals surface area contributed by atoms with Gasteiger partial charge in [-0.2, -0.15) is 14.0 Å². The molecule has 0 aliphatic rings. The van der Waals surface area contributed by atoms with Crippen molar-refractivity contribution in [2.75, 3.05) is 0 Å². The summed E-state index contributed by atoms with van der Waals surface area (Å²) in [5.41, 5.74) is 5.72. The van der Waals surface area contributed by atoms with E-state index in [4.69, 9.17) is 10.8 Å². The van der Waals surface area contributed by atoms with Crippen LogP contribution in [-0.2, 0) is 14.4 Å². The number of nitrogens with two attached hydrogens (primary N) is 1. The Kier molecular flexibility index (Phi) is 6.99. The van der Waals surface area contributed by atoms with Crippen LogP contribution in [0.4, 0.5) is 8.78 Å². The van der Waals surface area contributed by atoms with Gasteiger partial charge in [-0.1, -0.05) is 24.3 Å². The van der Waals surface area contributed by atoms with E-state index >= 15 is 0 Å². The molecule has 13 heteroatoms. The molecule has 3 aromatic rings. The zero-order valence-corrected chi connectivity index (χ0v) is 18.9. The lowest BCUT2D eigenvalue weighted by atomic mass is 10.0. The van der Waals surface area contributed by atoms with E-state index < -0.39 is 35.5 Å². The van der Waals surface area contributed by atoms with Crippen molar-refractivity contribution in [1.82, 2.24) is 14.9 Å². The van der Waals surface area contributed by atoms with E-state index in [1.54, 1.807) is 35.6 Å². The predicted molar refractivity (Wildman–Crippen MR) is 118 cm³/mol. The van der Waals surface area contributed by atoms with Gasteiger partial charge in [0.1, 0.15) is 10.6 Å². The number of alkyl halides is 2. The van der Waals surface area contributed by atoms with Gasteiger partial charge in [-0.15, -0.1) is 0 Å². The fraction of sp³-hybridized carbons (Fsp3) is 0.150. The summed E-state index contributed by atoms with van der Waals surface area (Å²) in [5, 5.41) is 16.8. The van der Waals surface area contributed by atoms with Crippen molar-refractivity contribution in [1.29, 1.82) is 5.26 Å². The SMILES string of the molecule is N#Cc1ccc(-n2c(Br)cnc2SC(F)(F)C(=O)NC(CC(N)=O)C(=O)O)c2ccccc12. The van der Waals surface area contributed by atoms with Crippen molar-refractivity contribution in [3.05, 3.63) is 52.8 Å². The average Bonchev–Trinajstić information content (AvgIpc) is 3.11. The smallest absolute Gasteiger partial charge is 0.377 e. The molecular weight excluding hydrogens is 524 g/mol. The van der Waals surface area contributed by atoms with Crippen LogP contribution in [0.2, 0.25) is 0 Å². The maximum absolute atomic E-state index is 14.7. The number of amides is 2. The molecule has 0 bridgehead atoms. The van der Waals surface area contributed by atoms with E-state index in [-0.39, 0.29) is 16.9 Å². The Balaban J connectivity index is 1.97. The van der Waals surface area contributed by atoms with Gasteiger partial charge in [0.05, 0.1) is 29.9 Å². The molecule has 3 rings (SSSR count). The van der Waals surface area contributed by atoms with Gasteiger partial charge in [0, 0.05) is 10.8 Å². The maximum Gasteiger partial charge on any atom is 0.377 e. The van der Waals surface area contributed by atoms with Gasteiger partial charge in [-0.25, -0.2) is 9.78 Å². The van der Waals surface area contributed by atoms with Crippen molar-refractivity contribution in [3.63, 3.8) is 0 Å². The Morgan fingerprint density at radius 3 is 2.55 bits per heavy atom. The van der Waals surface area contributed by atoms with E-state index in [9.17, 15) is 28.4 Å². The first kappa shape index (κ1) is 24.1. The summed E-state index contributed by atoms with van der Waals surface area (Å²) in [4.78, 5) is 38.2. The van der Waals surface area contributed by atoms with Gasteiger partial charge in [0.25, 0.3) is 0 Å². The fourth-order valence-corrected chi connectivity index (χ4v) is 4.34. The van der Waals surface area contributed by atoms with E-state index in [0.717, 1.165) is 0 Å². The number of nitrogens with zero attached hydrogens (tertiary/aromatic N) is 3. The monoisotopic (exact) mass is 537 g/mol. The highest BCUT2D eigenvalue weighted by Crippen LogP contribution is 2.39. The number of aromatic nitrogens is 2. The third-order valence-electron chi connectivity index (χ3n) is 4.44. The van der Waals surface area contributed by atoms with Crippen LogP contribution >= 0.6 is 27.7 Å². The molecule has 1 unspecified atom stereocenters. The normalized spacial score (nSPS) is 12.2. The van der Waals surface area contributed by atoms with Crippen molar-refractivity contribution >= 4 is 56.2 Å². The highest BCUT2D eigenvalue weighted by molar-refractivity contribution is 9.10. The van der Waals surface area contributed by atoms with Gasteiger partial charge in [0.2, 0.25) is 5.91 Å². The molecule has 2 aromatic carbocycles. The summed E-state index contributed by atoms with van der Waals surface area (Å²) in [5.74, 6) is -4.68. The number of carboxylic acid groups (broad SMARTS) is 1. The Morgan fingerprint density at radius 1 is 1.27 bits per heavy atom. The number of imidazole rings is 1. The summed E-state index contributed by atoms with van der Waals surface area (Å²) in [6.45, 7) is 0. The Bertz CT molecular complexity index is 1310. The lowest BCUT2D eigenvalue weighted by Gasteiger charge is -2.19. The van der Waals surface area contributed by atoms with Gasteiger partial charge < -0.3 is 16.2 Å². The number of nitriles is 1. The molecule has 33 heavy (non-hydrogen) atoms. The topological polar surface area (TPSA) is 151 Å². The Labute approximate surface area is 197 Å². The number of hydrogen-bond donors (Lipinski definition) is 3. The number of aliphatic carboxylic acids is 1. The van der Waals surface area contributed by atoms with Crippen molar-refractivity contribution < 1.29 is 28.3 Å². The minimum atomic E-state index is -4.14. The van der Waals surface area contributed by atoms with E-state index in [0.29, 0.717) is 26.6 Å². The second-order valence-electron chi connectivity index (χ2n) is 6.64. The molecule has 170 valence electrons. The number of nitrogens with one attached hydrogen (secondary N) is 1. The van der Waals surface area contributed by atoms with Crippen molar-refractivity contribution in [3.8, 4) is 11.8 Å². The highest BCUT2D eigenvalue weighted by atomic mass is 79.9. The first-order valence-electron chi connectivity index (χ1n) is 9.09. The van der Waals surface area contributed by atoms with E-state index in [1.807, 2.05) is 0 Å². The zero-order chi connectivity index (χ0) is 24.3. The van der Waals surface area contributed by atoms with Crippen LogP contribution in [0.5, 0.6) is 0 Å². The van der Waals surface area contributed by atoms with E-state index in [1.165, 1.54) is 16.8 Å². The maximum atomic E-state index is 14.7. The first-order chi connectivity index (χ1) is 15.5. The lowest BCUT2D eigenvalue weighted by molar-refractivity contribution is -0.146. The number of carbonyl (C=O) groups excluding carboxylic acids is 2. The number of benzene rings is 2. The molecule has 0 fully saturated rings. The first-order valence-corrected chi connectivity index (χ1v) is 10.7. The number of hydrogen-bond acceptors (Lipinski definition) is 6. The Morgan fingerprint density at radius 2 is 1.94 bits per heavy atom. The van der Waals surface area contributed by atoms with Crippen LogP contribution in [0.3, 0.4) is 0 Å². The summed E-state index contributed by atoms with van der Waals surface area (Å²) >= 11 is 3.04. The summed E-state index contributed by atoms with van der Waals surface area (Å²) in [6, 6.07) is 10.1. The highest BCUT2D eigenvalue weighted by Gasteiger charge is 2.44. The molecule has 0 aliphatic carbocycles. The standard InChI is InChI=1S/C20H14BrF2N5O4S/c21-15-9-26-19(33-20(22,23)18(32)27-13(17(30)31)7-16(25)29)28(15)14-6-5-10(8-24)11-3-1-2-4-12(11)14/h1-6,9,13H,7H2,(H2,25,29)(H,27,32)(H,30,31). The minimum absolute atomic E-state index is 0.210. The number of halogens is 3. The molecule has 1 atom stereocenters. The molecule has 9 nitrogen and oxygen atoms in total. The second-order valence-corrected chi connectivity index (χ2v) is 8.54. The zero-order valence-electron chi connectivity index (χ0n) is 16.5. The second kappa shape index (κ2) is 9.55. The minimum Gasteiger partial charge on any atom is -0.480 e. The third kappa shape index (κ3) is 5.12. The van der Waals surface area contributed by atoms with Gasteiger partial charge in [0.15, 0.2) is 5.16 Å². The Hall–Kier alpha value is -3.50. The van der Waals surface area contributed by atoms with E-state index in [2.05, 4.69) is 27.0 Å². The van der Waals surface area contributed by atoms with Crippen LogP contribution in [-0.4, -0.2) is 43.7 Å². The van der Waals surface area contributed by atoms with Crippen LogP contribution in [0.1, 0.15) is 12.0 Å². The number of thioether (sulfide) groups is 1. The number of rotatable bonds is 8. The average molecular weight is 538 g/mol. The lowest BCUT2D eigenvalue weighted by Crippen LogP contribution is -2.48. The molecule has 0 saturated carbocycles. The molecule has 1 heterocycles. The van der Waals surface area contributed by atoms with Crippen molar-refractivity contribution in [2.24, 2.45) is 5.73 Å². The van der Waals surface area contributed by atoms with Crippen LogP contribution < -0.4 is 11.1 Å². The molecule has 0 saturated heterocycles. The van der Waals surface area contributed by atoms with Crippen molar-refractivity contribution in [2.45, 2.75) is 22.9 Å². The third-order valence-corrected chi connectivity index (χ3v) is 5.91.